The molecule has 32 nitrogen and oxygen atoms in total. The van der Waals surface area contributed by atoms with Gasteiger partial charge in [0, 0.05) is 109 Å². The second kappa shape index (κ2) is 31.7. The van der Waals surface area contributed by atoms with Crippen LogP contribution in [0, 0.1) is 20.8 Å². The Balaban J connectivity index is 0.000000124. The SMILES string of the molecule is CCN1CCC(n2c(Cn3nc(-c4ccc5oc(N)nc5c4)c4c(N)ncnc43)cc3cccc(C)c3c2=O)CC1.Cc1cccc2cc(Cn3nc(-c4ccc5oc(N)nc5c4)c4c(N)ncnc43)n(C3CCN(C(C)C)CC3)c(=O)c12.Cc1cccc2cc(Cn3nc(-c4cn[nH]c4)c4c(N)ncnc43)n(C3CCN(C(C)C)CC3)c(=O)c12. The number of nitrogen functional groups attached to an aromatic ring is 5. The third kappa shape index (κ3) is 14.3. The number of hydrogen-bond donors (Lipinski definition) is 6. The summed E-state index contributed by atoms with van der Waals surface area (Å²) < 4.78 is 22.4. The number of pyridine rings is 3. The van der Waals surface area contributed by atoms with E-state index in [-0.39, 0.29) is 46.8 Å². The Morgan fingerprint density at radius 1 is 0.433 bits per heavy atom. The van der Waals surface area contributed by atoms with Crippen LogP contribution >= 0.6 is 0 Å². The number of fused-ring (bicyclic) bond motifs is 8. The van der Waals surface area contributed by atoms with E-state index in [1.54, 1.807) is 12.4 Å². The summed E-state index contributed by atoms with van der Waals surface area (Å²) in [5, 5.41) is 28.9. The lowest BCUT2D eigenvalue weighted by Gasteiger charge is -2.36. The van der Waals surface area contributed by atoms with Crippen molar-refractivity contribution in [1.29, 1.82) is 0 Å². The van der Waals surface area contributed by atoms with E-state index in [1.165, 1.54) is 19.0 Å². The van der Waals surface area contributed by atoms with Gasteiger partial charge in [0.2, 0.25) is 0 Å². The van der Waals surface area contributed by atoms with Crippen LogP contribution in [0.4, 0.5) is 29.5 Å². The first-order valence-corrected chi connectivity index (χ1v) is 41.0. The van der Waals surface area contributed by atoms with Gasteiger partial charge in [0.15, 0.2) is 28.1 Å². The summed E-state index contributed by atoms with van der Waals surface area (Å²) in [5.74, 6) is 1.02. The lowest BCUT2D eigenvalue weighted by atomic mass is 10.0. The van der Waals surface area contributed by atoms with Crippen LogP contribution in [0.1, 0.15) is 125 Å². The number of hydrogen-bond acceptors (Lipinski definition) is 25. The van der Waals surface area contributed by atoms with Crippen molar-refractivity contribution < 1.29 is 8.83 Å². The fourth-order valence-electron chi connectivity index (χ4n) is 18.2. The fourth-order valence-corrected chi connectivity index (χ4v) is 18.2. The average molecular weight is 1610 g/mol. The zero-order valence-electron chi connectivity index (χ0n) is 68.3. The van der Waals surface area contributed by atoms with Crippen LogP contribution in [-0.2, 0) is 19.6 Å². The molecule has 0 unspecified atom stereocenters. The lowest BCUT2D eigenvalue weighted by molar-refractivity contribution is 0.149. The maximum absolute atomic E-state index is 14.2. The van der Waals surface area contributed by atoms with E-state index < -0.39 is 0 Å². The number of likely N-dealkylation sites (tertiary alicyclic amines) is 3. The monoisotopic (exact) mass is 1610 g/mol. The number of anilines is 5. The number of oxazole rings is 2. The number of nitrogens with two attached hydrogens (primary N) is 5. The molecule has 0 bridgehead atoms. The van der Waals surface area contributed by atoms with Gasteiger partial charge in [0.05, 0.1) is 58.1 Å². The molecular formula is C88H95N27O5. The molecule has 0 atom stereocenters. The summed E-state index contributed by atoms with van der Waals surface area (Å²) in [6, 6.07) is 37.0. The van der Waals surface area contributed by atoms with Crippen molar-refractivity contribution in [3.05, 3.63) is 205 Å². The lowest BCUT2D eigenvalue weighted by Crippen LogP contribution is -2.41. The molecule has 3 aliphatic heterocycles. The van der Waals surface area contributed by atoms with E-state index in [0.29, 0.717) is 122 Å². The molecule has 612 valence electrons. The van der Waals surface area contributed by atoms with Crippen molar-refractivity contribution in [1.82, 2.24) is 108 Å². The van der Waals surface area contributed by atoms with Gasteiger partial charge in [0.1, 0.15) is 64.6 Å². The summed E-state index contributed by atoms with van der Waals surface area (Å²) in [7, 11) is 0. The molecule has 0 amide bonds. The Bertz CT molecular complexity index is 6980. The highest BCUT2D eigenvalue weighted by Gasteiger charge is 2.32. The van der Waals surface area contributed by atoms with Crippen molar-refractivity contribution in [2.75, 3.05) is 74.5 Å². The smallest absolute Gasteiger partial charge is 0.292 e. The second-order valence-corrected chi connectivity index (χ2v) is 32.3. The Morgan fingerprint density at radius 3 is 1.12 bits per heavy atom. The minimum atomic E-state index is 0.0449. The zero-order chi connectivity index (χ0) is 83.1. The maximum Gasteiger partial charge on any atom is 0.292 e. The van der Waals surface area contributed by atoms with Gasteiger partial charge in [-0.3, -0.25) is 19.5 Å². The molecule has 3 fully saturated rings. The van der Waals surface area contributed by atoms with Gasteiger partial charge >= 0.3 is 0 Å². The van der Waals surface area contributed by atoms with Crippen LogP contribution in [0.15, 0.2) is 164 Å². The second-order valence-electron chi connectivity index (χ2n) is 32.3. The third-order valence-electron chi connectivity index (χ3n) is 24.4. The van der Waals surface area contributed by atoms with Gasteiger partial charge in [-0.1, -0.05) is 61.5 Å². The van der Waals surface area contributed by atoms with Crippen molar-refractivity contribution in [3.8, 4) is 33.8 Å². The first-order valence-electron chi connectivity index (χ1n) is 41.0. The molecule has 0 aliphatic carbocycles. The Labute approximate surface area is 687 Å². The Hall–Kier alpha value is -13.6. The molecular weight excluding hydrogens is 1520 g/mol. The summed E-state index contributed by atoms with van der Waals surface area (Å²) >= 11 is 0. The van der Waals surface area contributed by atoms with Crippen LogP contribution in [0.5, 0.6) is 0 Å². The number of nitrogens with one attached hydrogen (secondary N) is 1. The van der Waals surface area contributed by atoms with Crippen LogP contribution < -0.4 is 45.3 Å². The summed E-state index contributed by atoms with van der Waals surface area (Å²) in [6.45, 7) is 25.0. The van der Waals surface area contributed by atoms with E-state index >= 15 is 0 Å². The number of aryl methyl sites for hydroxylation is 3. The number of aromatic amines is 1. The van der Waals surface area contributed by atoms with Gasteiger partial charge in [0.25, 0.3) is 28.7 Å². The quantitative estimate of drug-likeness (QED) is 0.0555. The Kier molecular flexibility index (Phi) is 20.5. The third-order valence-corrected chi connectivity index (χ3v) is 24.4. The molecule has 5 aromatic carbocycles. The molecule has 0 saturated carbocycles. The minimum Gasteiger partial charge on any atom is -0.424 e. The summed E-state index contributed by atoms with van der Waals surface area (Å²) in [6.07, 6.45) is 13.3. The normalized spacial score (nSPS) is 15.1. The van der Waals surface area contributed by atoms with Crippen molar-refractivity contribution in [2.24, 2.45) is 0 Å². The summed E-state index contributed by atoms with van der Waals surface area (Å²) in [4.78, 5) is 84.7. The topological polar surface area (TPSA) is 417 Å². The van der Waals surface area contributed by atoms with Gasteiger partial charge < -0.3 is 65.9 Å². The largest absolute Gasteiger partial charge is 0.424 e. The molecule has 3 saturated heterocycles. The van der Waals surface area contributed by atoms with Crippen molar-refractivity contribution in [2.45, 2.75) is 144 Å². The molecule has 11 N–H and O–H groups in total. The van der Waals surface area contributed by atoms with Gasteiger partial charge in [-0.25, -0.2) is 43.9 Å². The predicted octanol–water partition coefficient (Wildman–Crippen LogP) is 12.2. The molecule has 0 radical (unpaired) electrons. The highest BCUT2D eigenvalue weighted by atomic mass is 16.4. The highest BCUT2D eigenvalue weighted by molar-refractivity contribution is 6.02. The number of nitrogens with zero attached hydrogens (tertiary/aromatic N) is 21. The van der Waals surface area contributed by atoms with E-state index in [1.807, 2.05) is 140 Å². The molecule has 120 heavy (non-hydrogen) atoms. The first kappa shape index (κ1) is 77.6. The van der Waals surface area contributed by atoms with E-state index in [9.17, 15) is 14.4 Å². The number of H-pyrrole nitrogens is 1. The molecule has 15 heterocycles. The van der Waals surface area contributed by atoms with Crippen molar-refractivity contribution >= 4 is 117 Å². The van der Waals surface area contributed by atoms with Crippen LogP contribution in [0.25, 0.3) is 121 Å². The Morgan fingerprint density at radius 2 is 0.783 bits per heavy atom. The van der Waals surface area contributed by atoms with Gasteiger partial charge in [-0.15, -0.1) is 0 Å². The number of benzene rings is 5. The first-order chi connectivity index (χ1) is 58.1. The van der Waals surface area contributed by atoms with E-state index in [0.717, 1.165) is 167 Å². The van der Waals surface area contributed by atoms with E-state index in [2.05, 4.69) is 118 Å². The van der Waals surface area contributed by atoms with Crippen LogP contribution in [0.2, 0.25) is 0 Å². The molecule has 32 heteroatoms. The molecule has 0 spiro atoms. The van der Waals surface area contributed by atoms with E-state index in [4.69, 9.17) is 52.8 Å². The average Bonchev–Trinajstić information content (AvgIpc) is 1.32. The standard InChI is InChI=1S/C31H33N9O2.C30H31N9O2.C27H31N9O/c1-17(2)38-11-9-21(10-12-38)40-22(13-19-6-4-5-18(3)25(19)30(40)41)15-39-29-26(28(32)34-16-35-29)27(37-39)20-7-8-24-23(14-20)36-31(33)42-24;1-3-37-11-9-20(10-12-37)39-21(13-18-6-4-5-17(2)24(18)29(39)40)15-38-28-25(27(31)33-16-34-28)26(36-38)19-7-8-23-22(14-19)35-30(32)41-23;1-16(2)34-9-7-20(8-10-34)36-21(11-18-6-4-5-17(3)22(18)27(36)37)14-35-26-23(25(28)29-15-30-26)24(33-35)19-12-31-32-13-19/h4-8,13-14,16-17,21H,9-12,15H2,1-3H3,(H2,33,36)(H2,32,34,35);4-8,13-14,16,20H,3,9-12,15H2,1-2H3,(H2,32,35)(H2,31,33,34);4-6,11-13,15-16,20H,7-10,14H2,1-3H3,(H,31,32)(H2,28,29,30). The minimum absolute atomic E-state index is 0.0449. The van der Waals surface area contributed by atoms with Crippen LogP contribution in [0.3, 0.4) is 0 Å². The van der Waals surface area contributed by atoms with Gasteiger partial charge in [-0.05, 0) is 181 Å². The maximum atomic E-state index is 14.2. The molecule has 3 aliphatic rings. The molecule has 20 rings (SSSR count). The zero-order valence-corrected chi connectivity index (χ0v) is 68.3. The fraction of sp³-hybridized carbons (Fsp3) is 0.330. The highest BCUT2D eigenvalue weighted by Crippen LogP contribution is 2.39. The molecule has 17 aromatic rings. The number of piperidine rings is 3. The van der Waals surface area contributed by atoms with Crippen molar-refractivity contribution in [3.63, 3.8) is 0 Å². The number of rotatable bonds is 15. The summed E-state index contributed by atoms with van der Waals surface area (Å²) in [5.41, 5.74) is 44.9. The predicted molar refractivity (Wildman–Crippen MR) is 468 cm³/mol. The van der Waals surface area contributed by atoms with Gasteiger partial charge in [-0.2, -0.15) is 30.4 Å². The number of aromatic nitrogens is 19. The van der Waals surface area contributed by atoms with Crippen LogP contribution in [-0.4, -0.2) is 166 Å². The molecule has 12 aromatic heterocycles.